The Balaban J connectivity index is 4.06. The number of aliphatic carboxylic acids is 1. The Morgan fingerprint density at radius 1 is 1.38 bits per heavy atom. The molecule has 16 heavy (non-hydrogen) atoms. The molecule has 1 atom stereocenters. The van der Waals surface area contributed by atoms with Crippen LogP contribution in [0.3, 0.4) is 0 Å². The van der Waals surface area contributed by atoms with E-state index in [0.717, 1.165) is 0 Å². The summed E-state index contributed by atoms with van der Waals surface area (Å²) in [5, 5.41) is 8.76. The fraction of sp³-hybridized carbons (Fsp3) is 0.818. The van der Waals surface area contributed by atoms with E-state index >= 15 is 0 Å². The van der Waals surface area contributed by atoms with Crippen LogP contribution in [-0.2, 0) is 14.3 Å². The second kappa shape index (κ2) is 8.10. The first-order valence-electron chi connectivity index (χ1n) is 5.61. The molecule has 0 aromatic rings. The minimum atomic E-state index is -0.879. The largest absolute Gasteiger partial charge is 0.481 e. The van der Waals surface area contributed by atoms with Gasteiger partial charge in [0.15, 0.2) is 0 Å². The first-order valence-corrected chi connectivity index (χ1v) is 5.61. The molecule has 0 saturated carbocycles. The first kappa shape index (κ1) is 14.9. The van der Waals surface area contributed by atoms with Crippen molar-refractivity contribution in [1.29, 1.82) is 0 Å². The topological polar surface area (TPSA) is 66.8 Å². The molecule has 94 valence electrons. The summed E-state index contributed by atoms with van der Waals surface area (Å²) in [6, 6.07) is 0. The van der Waals surface area contributed by atoms with Crippen LogP contribution in [-0.4, -0.2) is 48.2 Å². The van der Waals surface area contributed by atoms with E-state index in [0.29, 0.717) is 26.2 Å². The van der Waals surface area contributed by atoms with Crippen molar-refractivity contribution in [2.45, 2.75) is 27.2 Å². The summed E-state index contributed by atoms with van der Waals surface area (Å²) in [6.45, 7) is 7.08. The zero-order chi connectivity index (χ0) is 12.6. The average molecular weight is 231 g/mol. The van der Waals surface area contributed by atoms with Crippen LogP contribution in [0.2, 0.25) is 0 Å². The summed E-state index contributed by atoms with van der Waals surface area (Å²) in [5.74, 6) is -1.46. The normalized spacial score (nSPS) is 12.2. The van der Waals surface area contributed by atoms with Gasteiger partial charge >= 0.3 is 5.97 Å². The molecule has 0 aromatic carbocycles. The Morgan fingerprint density at radius 2 is 2.00 bits per heavy atom. The Labute approximate surface area is 96.4 Å². The monoisotopic (exact) mass is 231 g/mol. The quantitative estimate of drug-likeness (QED) is 0.632. The summed E-state index contributed by atoms with van der Waals surface area (Å²) in [5.41, 5.74) is 0. The molecule has 1 unspecified atom stereocenters. The van der Waals surface area contributed by atoms with Crippen LogP contribution < -0.4 is 0 Å². The fourth-order valence-electron chi connectivity index (χ4n) is 1.28. The van der Waals surface area contributed by atoms with Crippen molar-refractivity contribution in [1.82, 2.24) is 4.90 Å². The second-order valence-electron chi connectivity index (χ2n) is 3.62. The second-order valence-corrected chi connectivity index (χ2v) is 3.62. The molecule has 0 aromatic heterocycles. The molecule has 0 bridgehead atoms. The highest BCUT2D eigenvalue weighted by Crippen LogP contribution is 2.02. The standard InChI is InChI=1S/C11H21NO4/c1-4-12(8-9(3)11(14)15)10(13)6-7-16-5-2/h9H,4-8H2,1-3H3,(H,14,15). The van der Waals surface area contributed by atoms with Crippen LogP contribution in [0.1, 0.15) is 27.2 Å². The van der Waals surface area contributed by atoms with E-state index in [9.17, 15) is 9.59 Å². The number of hydrogen-bond donors (Lipinski definition) is 1. The van der Waals surface area contributed by atoms with E-state index in [2.05, 4.69) is 0 Å². The molecule has 0 aliphatic heterocycles. The highest BCUT2D eigenvalue weighted by Gasteiger charge is 2.18. The average Bonchev–Trinajstić information content (AvgIpc) is 2.25. The van der Waals surface area contributed by atoms with Gasteiger partial charge in [-0.15, -0.1) is 0 Å². The maximum Gasteiger partial charge on any atom is 0.308 e. The van der Waals surface area contributed by atoms with Gasteiger partial charge in [-0.1, -0.05) is 6.92 Å². The number of nitrogens with zero attached hydrogens (tertiary/aromatic N) is 1. The highest BCUT2D eigenvalue weighted by atomic mass is 16.5. The third-order valence-electron chi connectivity index (χ3n) is 2.31. The number of carboxylic acids is 1. The Morgan fingerprint density at radius 3 is 2.44 bits per heavy atom. The molecule has 0 saturated heterocycles. The van der Waals surface area contributed by atoms with Crippen molar-refractivity contribution in [3.8, 4) is 0 Å². The maximum absolute atomic E-state index is 11.7. The summed E-state index contributed by atoms with van der Waals surface area (Å²) < 4.78 is 5.09. The Kier molecular flexibility index (Phi) is 7.54. The summed E-state index contributed by atoms with van der Waals surface area (Å²) in [4.78, 5) is 23.9. The highest BCUT2D eigenvalue weighted by molar-refractivity contribution is 5.77. The molecular formula is C11H21NO4. The van der Waals surface area contributed by atoms with Crippen molar-refractivity contribution in [2.24, 2.45) is 5.92 Å². The summed E-state index contributed by atoms with van der Waals surface area (Å²) in [7, 11) is 0. The van der Waals surface area contributed by atoms with Gasteiger partial charge in [-0.2, -0.15) is 0 Å². The van der Waals surface area contributed by atoms with Crippen molar-refractivity contribution < 1.29 is 19.4 Å². The van der Waals surface area contributed by atoms with E-state index in [4.69, 9.17) is 9.84 Å². The molecule has 0 heterocycles. The van der Waals surface area contributed by atoms with Crippen molar-refractivity contribution >= 4 is 11.9 Å². The molecule has 1 amide bonds. The molecular weight excluding hydrogens is 210 g/mol. The number of hydrogen-bond acceptors (Lipinski definition) is 3. The van der Waals surface area contributed by atoms with Gasteiger partial charge in [0.2, 0.25) is 5.91 Å². The lowest BCUT2D eigenvalue weighted by Crippen LogP contribution is -2.37. The lowest BCUT2D eigenvalue weighted by atomic mass is 10.1. The zero-order valence-electron chi connectivity index (χ0n) is 10.2. The van der Waals surface area contributed by atoms with Crippen LogP contribution in [0.15, 0.2) is 0 Å². The summed E-state index contributed by atoms with van der Waals surface area (Å²) in [6.07, 6.45) is 0.314. The molecule has 1 N–H and O–H groups in total. The van der Waals surface area contributed by atoms with Crippen molar-refractivity contribution in [2.75, 3.05) is 26.3 Å². The third-order valence-corrected chi connectivity index (χ3v) is 2.31. The molecule has 0 aliphatic rings. The molecule has 0 fully saturated rings. The van der Waals surface area contributed by atoms with Crippen LogP contribution in [0.4, 0.5) is 0 Å². The zero-order valence-corrected chi connectivity index (χ0v) is 10.2. The number of rotatable bonds is 8. The third kappa shape index (κ3) is 5.70. The van der Waals surface area contributed by atoms with Crippen LogP contribution in [0.5, 0.6) is 0 Å². The Hall–Kier alpha value is -1.10. The Bertz CT molecular complexity index is 230. The molecule has 0 radical (unpaired) electrons. The SMILES string of the molecule is CCOCCC(=O)N(CC)CC(C)C(=O)O. The lowest BCUT2D eigenvalue weighted by Gasteiger charge is -2.22. The van der Waals surface area contributed by atoms with Crippen LogP contribution in [0.25, 0.3) is 0 Å². The van der Waals surface area contributed by atoms with E-state index in [-0.39, 0.29) is 12.5 Å². The number of carbonyl (C=O) groups excluding carboxylic acids is 1. The van der Waals surface area contributed by atoms with Gasteiger partial charge in [-0.05, 0) is 13.8 Å². The molecule has 0 rings (SSSR count). The first-order chi connectivity index (χ1) is 7.52. The minimum Gasteiger partial charge on any atom is -0.481 e. The van der Waals surface area contributed by atoms with Gasteiger partial charge in [-0.25, -0.2) is 0 Å². The minimum absolute atomic E-state index is 0.0518. The molecule has 0 aliphatic carbocycles. The van der Waals surface area contributed by atoms with Gasteiger partial charge < -0.3 is 14.7 Å². The van der Waals surface area contributed by atoms with Crippen molar-refractivity contribution in [3.63, 3.8) is 0 Å². The number of carbonyl (C=O) groups is 2. The van der Waals surface area contributed by atoms with E-state index in [1.807, 2.05) is 13.8 Å². The van der Waals surface area contributed by atoms with E-state index < -0.39 is 11.9 Å². The molecule has 0 spiro atoms. The number of carboxylic acid groups (broad SMARTS) is 1. The maximum atomic E-state index is 11.7. The van der Waals surface area contributed by atoms with E-state index in [1.54, 1.807) is 11.8 Å². The van der Waals surface area contributed by atoms with Gasteiger partial charge in [0.05, 0.1) is 18.9 Å². The van der Waals surface area contributed by atoms with Crippen molar-refractivity contribution in [3.05, 3.63) is 0 Å². The number of amides is 1. The van der Waals surface area contributed by atoms with Gasteiger partial charge in [-0.3, -0.25) is 9.59 Å². The van der Waals surface area contributed by atoms with Gasteiger partial charge in [0.1, 0.15) is 0 Å². The van der Waals surface area contributed by atoms with E-state index in [1.165, 1.54) is 0 Å². The predicted octanol–water partition coefficient (Wildman–Crippen LogP) is 0.982. The van der Waals surface area contributed by atoms with Gasteiger partial charge in [0.25, 0.3) is 0 Å². The molecule has 5 heteroatoms. The molecule has 5 nitrogen and oxygen atoms in total. The number of ether oxygens (including phenoxy) is 1. The summed E-state index contributed by atoms with van der Waals surface area (Å²) >= 11 is 0. The smallest absolute Gasteiger partial charge is 0.308 e. The predicted molar refractivity (Wildman–Crippen MR) is 60.2 cm³/mol. The fourth-order valence-corrected chi connectivity index (χ4v) is 1.28. The van der Waals surface area contributed by atoms with Crippen LogP contribution >= 0.6 is 0 Å². The van der Waals surface area contributed by atoms with Gasteiger partial charge in [0, 0.05) is 19.7 Å². The lowest BCUT2D eigenvalue weighted by molar-refractivity contribution is -0.143. The van der Waals surface area contributed by atoms with Crippen LogP contribution in [0, 0.1) is 5.92 Å².